The van der Waals surface area contributed by atoms with Gasteiger partial charge < -0.3 is 10.2 Å². The molecule has 1 atom stereocenters. The van der Waals surface area contributed by atoms with Crippen LogP contribution in [0.3, 0.4) is 0 Å². The van der Waals surface area contributed by atoms with Crippen LogP contribution < -0.4 is 10.2 Å². The molecule has 2 heterocycles. The smallest absolute Gasteiger partial charge is 0.0399 e. The first-order valence-corrected chi connectivity index (χ1v) is 7.00. The normalized spacial score (nSPS) is 24.5. The van der Waals surface area contributed by atoms with Crippen LogP contribution >= 0.6 is 0 Å². The summed E-state index contributed by atoms with van der Waals surface area (Å²) in [6.45, 7) is 3.63. The molecular formula is C15H22N2. The van der Waals surface area contributed by atoms with E-state index in [2.05, 4.69) is 34.5 Å². The van der Waals surface area contributed by atoms with E-state index in [0.29, 0.717) is 6.04 Å². The summed E-state index contributed by atoms with van der Waals surface area (Å²) in [6.07, 6.45) is 6.66. The Hall–Kier alpha value is -1.02. The Kier molecular flexibility index (Phi) is 3.32. The third-order valence-electron chi connectivity index (χ3n) is 4.06. The van der Waals surface area contributed by atoms with E-state index in [1.807, 2.05) is 0 Å². The van der Waals surface area contributed by atoms with Crippen LogP contribution in [0, 0.1) is 0 Å². The van der Waals surface area contributed by atoms with Crippen molar-refractivity contribution >= 4 is 5.69 Å². The largest absolute Gasteiger partial charge is 0.370 e. The molecule has 2 aliphatic heterocycles. The number of anilines is 1. The number of piperidine rings is 1. The highest BCUT2D eigenvalue weighted by molar-refractivity contribution is 5.55. The molecule has 1 fully saturated rings. The maximum absolute atomic E-state index is 3.66. The summed E-state index contributed by atoms with van der Waals surface area (Å²) in [6, 6.07) is 9.62. The van der Waals surface area contributed by atoms with Gasteiger partial charge in [0, 0.05) is 24.8 Å². The van der Waals surface area contributed by atoms with Gasteiger partial charge in [-0.25, -0.2) is 0 Å². The van der Waals surface area contributed by atoms with E-state index in [-0.39, 0.29) is 0 Å². The predicted molar refractivity (Wildman–Crippen MR) is 72.6 cm³/mol. The van der Waals surface area contributed by atoms with Crippen molar-refractivity contribution in [2.75, 3.05) is 24.5 Å². The molecular weight excluding hydrogens is 208 g/mol. The molecule has 0 aromatic heterocycles. The van der Waals surface area contributed by atoms with Crippen LogP contribution in [0.1, 0.15) is 31.2 Å². The van der Waals surface area contributed by atoms with Crippen molar-refractivity contribution in [2.24, 2.45) is 0 Å². The standard InChI is InChI=1S/C15H22N2/c1-2-9-15-13(6-1)7-5-11-17(15)12-14-8-3-4-10-16-14/h1-2,6,9,14,16H,3-5,7-8,10-12H2. The van der Waals surface area contributed by atoms with Crippen molar-refractivity contribution < 1.29 is 0 Å². The molecule has 1 unspecified atom stereocenters. The van der Waals surface area contributed by atoms with Crippen molar-refractivity contribution in [3.8, 4) is 0 Å². The first-order valence-electron chi connectivity index (χ1n) is 7.00. The highest BCUT2D eigenvalue weighted by atomic mass is 15.2. The predicted octanol–water partition coefficient (Wildman–Crippen LogP) is 2.58. The van der Waals surface area contributed by atoms with E-state index in [4.69, 9.17) is 0 Å². The minimum Gasteiger partial charge on any atom is -0.370 e. The zero-order valence-corrected chi connectivity index (χ0v) is 10.5. The Balaban J connectivity index is 1.71. The summed E-state index contributed by atoms with van der Waals surface area (Å²) in [7, 11) is 0. The third-order valence-corrected chi connectivity index (χ3v) is 4.06. The number of nitrogens with zero attached hydrogens (tertiary/aromatic N) is 1. The minimum absolute atomic E-state index is 0.704. The maximum atomic E-state index is 3.66. The van der Waals surface area contributed by atoms with Gasteiger partial charge in [0.25, 0.3) is 0 Å². The zero-order chi connectivity index (χ0) is 11.5. The first-order chi connectivity index (χ1) is 8.43. The second-order valence-corrected chi connectivity index (χ2v) is 5.33. The van der Waals surface area contributed by atoms with Crippen molar-refractivity contribution in [1.82, 2.24) is 5.32 Å². The van der Waals surface area contributed by atoms with E-state index in [9.17, 15) is 0 Å². The fraction of sp³-hybridized carbons (Fsp3) is 0.600. The number of para-hydroxylation sites is 1. The number of benzene rings is 1. The molecule has 1 aromatic carbocycles. The van der Waals surface area contributed by atoms with Gasteiger partial charge in [0.15, 0.2) is 0 Å². The van der Waals surface area contributed by atoms with E-state index >= 15 is 0 Å². The number of nitrogens with one attached hydrogen (secondary N) is 1. The molecule has 1 saturated heterocycles. The topological polar surface area (TPSA) is 15.3 Å². The lowest BCUT2D eigenvalue weighted by Crippen LogP contribution is -2.45. The highest BCUT2D eigenvalue weighted by Gasteiger charge is 2.20. The van der Waals surface area contributed by atoms with Gasteiger partial charge in [0.2, 0.25) is 0 Å². The highest BCUT2D eigenvalue weighted by Crippen LogP contribution is 2.27. The number of hydrogen-bond donors (Lipinski definition) is 1. The van der Waals surface area contributed by atoms with E-state index in [1.54, 1.807) is 0 Å². The Labute approximate surface area is 104 Å². The molecule has 3 rings (SSSR count). The second kappa shape index (κ2) is 5.09. The summed E-state index contributed by atoms with van der Waals surface area (Å²) in [5, 5.41) is 3.66. The molecule has 0 spiro atoms. The summed E-state index contributed by atoms with van der Waals surface area (Å²) < 4.78 is 0. The van der Waals surface area contributed by atoms with Gasteiger partial charge in [-0.1, -0.05) is 24.6 Å². The van der Waals surface area contributed by atoms with Crippen molar-refractivity contribution in [1.29, 1.82) is 0 Å². The summed E-state index contributed by atoms with van der Waals surface area (Å²) in [4.78, 5) is 2.59. The van der Waals surface area contributed by atoms with Gasteiger partial charge in [-0.2, -0.15) is 0 Å². The van der Waals surface area contributed by atoms with Crippen LogP contribution in [-0.4, -0.2) is 25.7 Å². The van der Waals surface area contributed by atoms with Crippen LogP contribution in [0.5, 0.6) is 0 Å². The van der Waals surface area contributed by atoms with Gasteiger partial charge in [-0.05, 0) is 43.9 Å². The van der Waals surface area contributed by atoms with Crippen LogP contribution in [0.15, 0.2) is 24.3 Å². The van der Waals surface area contributed by atoms with Gasteiger partial charge in [0.05, 0.1) is 0 Å². The van der Waals surface area contributed by atoms with Crippen molar-refractivity contribution in [3.05, 3.63) is 29.8 Å². The molecule has 1 N–H and O–H groups in total. The van der Waals surface area contributed by atoms with Crippen LogP contribution in [0.4, 0.5) is 5.69 Å². The minimum atomic E-state index is 0.704. The number of aryl methyl sites for hydroxylation is 1. The monoisotopic (exact) mass is 230 g/mol. The lowest BCUT2D eigenvalue weighted by atomic mass is 9.99. The zero-order valence-electron chi connectivity index (χ0n) is 10.5. The quantitative estimate of drug-likeness (QED) is 0.840. The summed E-state index contributed by atoms with van der Waals surface area (Å²) in [5.41, 5.74) is 3.01. The number of hydrogen-bond acceptors (Lipinski definition) is 2. The molecule has 0 bridgehead atoms. The Morgan fingerprint density at radius 1 is 1.18 bits per heavy atom. The SMILES string of the molecule is c1ccc2c(c1)CCCN2CC1CCCCN1. The molecule has 0 saturated carbocycles. The average molecular weight is 230 g/mol. The lowest BCUT2D eigenvalue weighted by molar-refractivity contribution is 0.397. The molecule has 17 heavy (non-hydrogen) atoms. The molecule has 2 aliphatic rings. The molecule has 0 radical (unpaired) electrons. The van der Waals surface area contributed by atoms with Gasteiger partial charge in [-0.3, -0.25) is 0 Å². The Bertz CT molecular complexity index is 369. The fourth-order valence-electron chi connectivity index (χ4n) is 3.15. The number of rotatable bonds is 2. The Morgan fingerprint density at radius 2 is 2.12 bits per heavy atom. The summed E-state index contributed by atoms with van der Waals surface area (Å²) in [5.74, 6) is 0. The molecule has 2 heteroatoms. The van der Waals surface area contributed by atoms with E-state index in [1.165, 1.54) is 63.0 Å². The van der Waals surface area contributed by atoms with Crippen LogP contribution in [-0.2, 0) is 6.42 Å². The maximum Gasteiger partial charge on any atom is 0.0399 e. The second-order valence-electron chi connectivity index (χ2n) is 5.33. The molecule has 92 valence electrons. The number of fused-ring (bicyclic) bond motifs is 1. The van der Waals surface area contributed by atoms with Crippen LogP contribution in [0.2, 0.25) is 0 Å². The molecule has 1 aromatic rings. The molecule has 0 amide bonds. The van der Waals surface area contributed by atoms with Crippen molar-refractivity contribution in [2.45, 2.75) is 38.1 Å². The van der Waals surface area contributed by atoms with Crippen LogP contribution in [0.25, 0.3) is 0 Å². The fourth-order valence-corrected chi connectivity index (χ4v) is 3.15. The van der Waals surface area contributed by atoms with Gasteiger partial charge in [-0.15, -0.1) is 0 Å². The third kappa shape index (κ3) is 2.47. The van der Waals surface area contributed by atoms with Crippen molar-refractivity contribution in [3.63, 3.8) is 0 Å². The molecule has 2 nitrogen and oxygen atoms in total. The van der Waals surface area contributed by atoms with E-state index in [0.717, 1.165) is 0 Å². The average Bonchev–Trinajstić information content (AvgIpc) is 2.40. The lowest BCUT2D eigenvalue weighted by Gasteiger charge is -2.35. The summed E-state index contributed by atoms with van der Waals surface area (Å²) >= 11 is 0. The van der Waals surface area contributed by atoms with E-state index < -0.39 is 0 Å². The van der Waals surface area contributed by atoms with Gasteiger partial charge in [0.1, 0.15) is 0 Å². The first kappa shape index (κ1) is 11.1. The Morgan fingerprint density at radius 3 is 3.00 bits per heavy atom. The van der Waals surface area contributed by atoms with Gasteiger partial charge >= 0.3 is 0 Å². The molecule has 0 aliphatic carbocycles.